The molecule has 0 aliphatic heterocycles. The van der Waals surface area contributed by atoms with Crippen molar-refractivity contribution in [2.75, 3.05) is 7.11 Å². The maximum Gasteiger partial charge on any atom is 0.255 e. The maximum atomic E-state index is 13.5. The summed E-state index contributed by atoms with van der Waals surface area (Å²) < 4.78 is 12.4. The second kappa shape index (κ2) is 9.18. The smallest absolute Gasteiger partial charge is 0.255 e. The van der Waals surface area contributed by atoms with Gasteiger partial charge < -0.3 is 24.6 Å². The van der Waals surface area contributed by atoms with Gasteiger partial charge >= 0.3 is 0 Å². The molecule has 3 N–H and O–H groups in total. The molecule has 31 heavy (non-hydrogen) atoms. The Balaban J connectivity index is 2.33. The number of pyridine rings is 1. The molecule has 0 spiro atoms. The van der Waals surface area contributed by atoms with Crippen molar-refractivity contribution >= 4 is 16.8 Å². The highest BCUT2D eigenvalue weighted by Gasteiger charge is 2.29. The zero-order valence-corrected chi connectivity index (χ0v) is 17.8. The average Bonchev–Trinajstić information content (AvgIpc) is 2.71. The lowest BCUT2D eigenvalue weighted by Crippen LogP contribution is -2.29. The third-order valence-electron chi connectivity index (χ3n) is 4.96. The minimum absolute atomic E-state index is 0.0128. The van der Waals surface area contributed by atoms with Gasteiger partial charge in [0.2, 0.25) is 17.1 Å². The number of ether oxygens (including phenoxy) is 1. The number of rotatable bonds is 8. The Labute approximate surface area is 178 Å². The third-order valence-corrected chi connectivity index (χ3v) is 4.96. The van der Waals surface area contributed by atoms with Gasteiger partial charge in [-0.15, -0.1) is 0 Å². The Hall–Kier alpha value is -3.39. The summed E-state index contributed by atoms with van der Waals surface area (Å²) in [4.78, 5) is 37.7. The summed E-state index contributed by atoms with van der Waals surface area (Å²) in [6.45, 7) is 4.43. The predicted octanol–water partition coefficient (Wildman–Crippen LogP) is 2.47. The summed E-state index contributed by atoms with van der Waals surface area (Å²) in [5.41, 5.74) is 5.40. The zero-order chi connectivity index (χ0) is 22.7. The molecule has 3 rings (SSSR count). The van der Waals surface area contributed by atoms with E-state index in [2.05, 4.69) is 0 Å². The molecule has 1 atom stereocenters. The molecule has 164 valence electrons. The number of aromatic hydroxyl groups is 1. The van der Waals surface area contributed by atoms with Crippen molar-refractivity contribution in [3.05, 3.63) is 74.1 Å². The summed E-state index contributed by atoms with van der Waals surface area (Å²) >= 11 is 0. The van der Waals surface area contributed by atoms with Gasteiger partial charge in [0.1, 0.15) is 12.4 Å². The molecule has 2 aromatic heterocycles. The molecule has 2 heterocycles. The van der Waals surface area contributed by atoms with Crippen molar-refractivity contribution < 1.29 is 19.1 Å². The molecule has 0 bridgehead atoms. The predicted molar refractivity (Wildman–Crippen MR) is 116 cm³/mol. The van der Waals surface area contributed by atoms with Crippen LogP contribution in [0.3, 0.4) is 0 Å². The maximum absolute atomic E-state index is 13.5. The van der Waals surface area contributed by atoms with Gasteiger partial charge in [0.05, 0.1) is 11.4 Å². The first-order chi connectivity index (χ1) is 14.7. The summed E-state index contributed by atoms with van der Waals surface area (Å²) in [6.07, 6.45) is -0.317. The normalized spacial score (nSPS) is 12.4. The highest BCUT2D eigenvalue weighted by molar-refractivity contribution is 5.81. The van der Waals surface area contributed by atoms with Crippen molar-refractivity contribution in [2.45, 2.75) is 39.3 Å². The minimum atomic E-state index is -1.03. The van der Waals surface area contributed by atoms with E-state index >= 15 is 0 Å². The number of amides is 1. The number of fused-ring (bicyclic) bond motifs is 1. The number of nitrogens with two attached hydrogens (primary N) is 1. The van der Waals surface area contributed by atoms with E-state index in [4.69, 9.17) is 14.9 Å². The Kier molecular flexibility index (Phi) is 6.60. The number of para-hydroxylation sites is 1. The lowest BCUT2D eigenvalue weighted by molar-refractivity contribution is -0.118. The molecule has 8 nitrogen and oxygen atoms in total. The standard InChI is InChI=1S/C23H26N2O6/c1-13(2)11-25-18-7-5-4-6-14(18)8-17(23(25)29)16(10-20(24)27)22-21(28)19(26)9-15(31-22)12-30-3/h4-9,13,16,28H,10-12H2,1-3H3,(H2,24,27)/t16-/m0/s1. The molecule has 0 saturated heterocycles. The number of benzene rings is 1. The molecule has 1 amide bonds. The van der Waals surface area contributed by atoms with Gasteiger partial charge in [0.15, 0.2) is 5.76 Å². The van der Waals surface area contributed by atoms with E-state index in [1.54, 1.807) is 10.6 Å². The van der Waals surface area contributed by atoms with E-state index in [1.807, 2.05) is 38.1 Å². The average molecular weight is 426 g/mol. The first-order valence-corrected chi connectivity index (χ1v) is 9.98. The van der Waals surface area contributed by atoms with Crippen LogP contribution in [-0.4, -0.2) is 22.7 Å². The second-order valence-electron chi connectivity index (χ2n) is 7.91. The quantitative estimate of drug-likeness (QED) is 0.570. The Bertz CT molecular complexity index is 1220. The molecule has 0 radical (unpaired) electrons. The van der Waals surface area contributed by atoms with Crippen molar-refractivity contribution in [3.63, 3.8) is 0 Å². The largest absolute Gasteiger partial charge is 0.502 e. The Morgan fingerprint density at radius 3 is 2.58 bits per heavy atom. The number of primary amides is 1. The molecular weight excluding hydrogens is 400 g/mol. The molecular formula is C23H26N2O6. The zero-order valence-electron chi connectivity index (χ0n) is 17.8. The third kappa shape index (κ3) is 4.69. The van der Waals surface area contributed by atoms with Gasteiger partial charge in [-0.2, -0.15) is 0 Å². The van der Waals surface area contributed by atoms with Gasteiger partial charge in [-0.05, 0) is 23.4 Å². The van der Waals surface area contributed by atoms with Crippen LogP contribution in [0.25, 0.3) is 10.9 Å². The lowest BCUT2D eigenvalue weighted by Gasteiger charge is -2.20. The number of methoxy groups -OCH3 is 1. The highest BCUT2D eigenvalue weighted by Crippen LogP contribution is 2.33. The van der Waals surface area contributed by atoms with Gasteiger partial charge in [0.25, 0.3) is 5.56 Å². The number of hydrogen-bond acceptors (Lipinski definition) is 6. The van der Waals surface area contributed by atoms with E-state index < -0.39 is 23.0 Å². The van der Waals surface area contributed by atoms with Crippen LogP contribution in [0.2, 0.25) is 0 Å². The van der Waals surface area contributed by atoms with Crippen molar-refractivity contribution in [3.8, 4) is 5.75 Å². The summed E-state index contributed by atoms with van der Waals surface area (Å²) in [6, 6.07) is 10.2. The van der Waals surface area contributed by atoms with Crippen LogP contribution < -0.4 is 16.7 Å². The first-order valence-electron chi connectivity index (χ1n) is 9.98. The van der Waals surface area contributed by atoms with E-state index in [0.29, 0.717) is 6.54 Å². The van der Waals surface area contributed by atoms with Gasteiger partial charge in [-0.25, -0.2) is 0 Å². The number of nitrogens with zero attached hydrogens (tertiary/aromatic N) is 1. The number of aromatic nitrogens is 1. The fourth-order valence-corrected chi connectivity index (χ4v) is 3.70. The molecule has 0 fully saturated rings. The van der Waals surface area contributed by atoms with Crippen molar-refractivity contribution in [2.24, 2.45) is 11.7 Å². The minimum Gasteiger partial charge on any atom is -0.502 e. The van der Waals surface area contributed by atoms with Gasteiger partial charge in [-0.1, -0.05) is 32.0 Å². The fraction of sp³-hybridized carbons (Fsp3) is 0.348. The monoisotopic (exact) mass is 426 g/mol. The molecule has 8 heteroatoms. The van der Waals surface area contributed by atoms with Crippen molar-refractivity contribution in [1.82, 2.24) is 4.57 Å². The van der Waals surface area contributed by atoms with Crippen LogP contribution in [0.4, 0.5) is 0 Å². The summed E-state index contributed by atoms with van der Waals surface area (Å²) in [5.74, 6) is -2.22. The van der Waals surface area contributed by atoms with Crippen LogP contribution in [0.1, 0.15) is 43.3 Å². The number of hydrogen-bond donors (Lipinski definition) is 2. The second-order valence-corrected chi connectivity index (χ2v) is 7.91. The SMILES string of the molecule is COCc1cc(=O)c(O)c([C@@H](CC(N)=O)c2cc3ccccc3n(CC(C)C)c2=O)o1. The summed E-state index contributed by atoms with van der Waals surface area (Å²) in [7, 11) is 1.43. The van der Waals surface area contributed by atoms with E-state index in [1.165, 1.54) is 7.11 Å². The van der Waals surface area contributed by atoms with Crippen LogP contribution in [0.15, 0.2) is 50.4 Å². The molecule has 1 aromatic carbocycles. The van der Waals surface area contributed by atoms with E-state index in [-0.39, 0.29) is 41.6 Å². The van der Waals surface area contributed by atoms with E-state index in [0.717, 1.165) is 17.0 Å². The Morgan fingerprint density at radius 2 is 1.94 bits per heavy atom. The van der Waals surface area contributed by atoms with Crippen molar-refractivity contribution in [1.29, 1.82) is 0 Å². The summed E-state index contributed by atoms with van der Waals surface area (Å²) in [5, 5.41) is 11.2. The molecule has 0 aliphatic carbocycles. The van der Waals surface area contributed by atoms with Gasteiger partial charge in [0, 0.05) is 31.7 Å². The van der Waals surface area contributed by atoms with Crippen LogP contribution in [0.5, 0.6) is 5.75 Å². The lowest BCUT2D eigenvalue weighted by atomic mass is 9.91. The van der Waals surface area contributed by atoms with Crippen LogP contribution in [0, 0.1) is 5.92 Å². The van der Waals surface area contributed by atoms with Gasteiger partial charge in [-0.3, -0.25) is 14.4 Å². The molecule has 3 aromatic rings. The molecule has 0 unspecified atom stereocenters. The van der Waals surface area contributed by atoms with Crippen LogP contribution in [-0.2, 0) is 22.7 Å². The van der Waals surface area contributed by atoms with E-state index in [9.17, 15) is 19.5 Å². The Morgan fingerprint density at radius 1 is 1.23 bits per heavy atom. The highest BCUT2D eigenvalue weighted by atomic mass is 16.5. The molecule has 0 aliphatic rings. The fourth-order valence-electron chi connectivity index (χ4n) is 3.70. The topological polar surface area (TPSA) is 125 Å². The number of carbonyl (C=O) groups is 1. The first kappa shape index (κ1) is 22.3. The number of carbonyl (C=O) groups excluding carboxylic acids is 1. The molecule has 0 saturated carbocycles. The van der Waals surface area contributed by atoms with Crippen LogP contribution >= 0.6 is 0 Å².